The van der Waals surface area contributed by atoms with Gasteiger partial charge in [0.2, 0.25) is 0 Å². The first-order chi connectivity index (χ1) is 9.93. The lowest BCUT2D eigenvalue weighted by Crippen LogP contribution is -2.27. The Labute approximate surface area is 119 Å². The maximum atomic E-state index is 4.90. The quantitative estimate of drug-likeness (QED) is 0.670. The van der Waals surface area contributed by atoms with Crippen LogP contribution in [0.4, 0.5) is 0 Å². The Morgan fingerprint density at radius 3 is 2.60 bits per heavy atom. The molecule has 0 amide bonds. The van der Waals surface area contributed by atoms with Gasteiger partial charge in [-0.3, -0.25) is 0 Å². The van der Waals surface area contributed by atoms with E-state index in [1.807, 2.05) is 18.2 Å². The Balaban J connectivity index is 1.92. The number of hydrogen-bond donors (Lipinski definition) is 0. The van der Waals surface area contributed by atoms with Crippen LogP contribution in [0.1, 0.15) is 5.56 Å². The van der Waals surface area contributed by atoms with Gasteiger partial charge in [0.15, 0.2) is 0 Å². The van der Waals surface area contributed by atoms with Crippen molar-refractivity contribution in [1.29, 1.82) is 0 Å². The van der Waals surface area contributed by atoms with Crippen molar-refractivity contribution in [1.82, 2.24) is 0 Å². The van der Waals surface area contributed by atoms with Crippen LogP contribution in [-0.2, 0) is 0 Å². The average molecular weight is 256 g/mol. The summed E-state index contributed by atoms with van der Waals surface area (Å²) in [5.74, 6) is 0.751. The molecule has 96 valence electrons. The van der Waals surface area contributed by atoms with Gasteiger partial charge in [0, 0.05) is 17.5 Å². The monoisotopic (exact) mass is 256 g/mol. The Morgan fingerprint density at radius 1 is 0.900 bits per heavy atom. The molecule has 0 N–H and O–H groups in total. The highest BCUT2D eigenvalue weighted by atomic mass is 14.8. The van der Waals surface area contributed by atoms with E-state index in [1.54, 1.807) is 0 Å². The first kappa shape index (κ1) is 11.4. The van der Waals surface area contributed by atoms with E-state index in [0.717, 1.165) is 17.0 Å². The summed E-state index contributed by atoms with van der Waals surface area (Å²) in [7, 11) is 0. The minimum Gasteiger partial charge on any atom is -0.300 e. The van der Waals surface area contributed by atoms with E-state index in [4.69, 9.17) is 4.99 Å². The van der Waals surface area contributed by atoms with Crippen molar-refractivity contribution in [3.05, 3.63) is 90.1 Å². The van der Waals surface area contributed by atoms with Crippen LogP contribution in [-0.4, -0.2) is 5.71 Å². The van der Waals surface area contributed by atoms with Crippen LogP contribution in [0.5, 0.6) is 0 Å². The molecule has 0 radical (unpaired) electrons. The second kappa shape index (κ2) is 4.61. The van der Waals surface area contributed by atoms with Gasteiger partial charge in [-0.25, -0.2) is 0 Å². The summed E-state index contributed by atoms with van der Waals surface area (Å²) < 4.78 is 0. The molecule has 0 aromatic heterocycles. The van der Waals surface area contributed by atoms with Crippen LogP contribution in [0.2, 0.25) is 0 Å². The minimum absolute atomic E-state index is 0.365. The van der Waals surface area contributed by atoms with Gasteiger partial charge in [-0.05, 0) is 11.8 Å². The van der Waals surface area contributed by atoms with E-state index >= 15 is 0 Å². The predicted molar refractivity (Wildman–Crippen MR) is 83.2 cm³/mol. The van der Waals surface area contributed by atoms with Gasteiger partial charge in [-0.15, -0.1) is 35.9 Å². The number of nitrogens with zero attached hydrogens (tertiary/aromatic N) is 1. The molecule has 0 saturated heterocycles. The fourth-order valence-electron chi connectivity index (χ4n) is 3.02. The van der Waals surface area contributed by atoms with Gasteiger partial charge in [0.1, 0.15) is 0 Å². The molecule has 4 rings (SSSR count). The zero-order chi connectivity index (χ0) is 13.4. The fraction of sp³-hybridized carbons (Fsp3) is 0.105. The Kier molecular flexibility index (Phi) is 2.63. The van der Waals surface area contributed by atoms with E-state index in [0.29, 0.717) is 11.8 Å². The highest BCUT2D eigenvalue weighted by Crippen LogP contribution is 2.40. The van der Waals surface area contributed by atoms with E-state index in [2.05, 4.69) is 60.7 Å². The highest BCUT2D eigenvalue weighted by Gasteiger charge is 2.29. The molecule has 0 saturated carbocycles. The summed E-state index contributed by atoms with van der Waals surface area (Å²) in [6, 6.07) is 11.4. The number of aliphatic imine (C=N–C) groups is 1. The fourth-order valence-corrected chi connectivity index (χ4v) is 3.02. The highest BCUT2D eigenvalue weighted by molar-refractivity contribution is 6.05. The molecule has 1 heterocycles. The zero-order valence-electron chi connectivity index (χ0n) is 11.0. The van der Waals surface area contributed by atoms with Crippen LogP contribution in [0.3, 0.4) is 0 Å². The normalized spacial score (nSPS) is 26.3. The van der Waals surface area contributed by atoms with E-state index in [9.17, 15) is 0 Å². The second-order valence-corrected chi connectivity index (χ2v) is 5.16. The maximum absolute atomic E-state index is 4.90. The van der Waals surface area contributed by atoms with Crippen molar-refractivity contribution < 1.29 is 0 Å². The third kappa shape index (κ3) is 1.75. The van der Waals surface area contributed by atoms with Crippen molar-refractivity contribution in [2.45, 2.75) is 0 Å². The topological polar surface area (TPSA) is 12.4 Å². The first-order valence-electron chi connectivity index (χ1n) is 6.93. The van der Waals surface area contributed by atoms with Crippen molar-refractivity contribution in [3.63, 3.8) is 0 Å². The molecule has 2 atom stereocenters. The first-order valence-corrected chi connectivity index (χ1v) is 6.93. The molecule has 2 unspecified atom stereocenters. The molecule has 1 aliphatic heterocycles. The summed E-state index contributed by atoms with van der Waals surface area (Å²) in [5.41, 5.74) is 4.57. The van der Waals surface area contributed by atoms with Crippen LogP contribution in [0.25, 0.3) is 5.70 Å². The van der Waals surface area contributed by atoms with Crippen LogP contribution < -0.4 is 0 Å². The molecule has 1 aromatic carbocycles. The van der Waals surface area contributed by atoms with Gasteiger partial charge >= 0.3 is 0 Å². The molecule has 0 spiro atoms. The predicted octanol–water partition coefficient (Wildman–Crippen LogP) is 4.14. The molecule has 1 aromatic rings. The molecular weight excluding hydrogens is 242 g/mol. The average Bonchev–Trinajstić information content (AvgIpc) is 2.55. The Hall–Kier alpha value is -2.41. The smallest absolute Gasteiger partial charge is 0.0375 e. The van der Waals surface area contributed by atoms with Gasteiger partial charge in [-0.1, -0.05) is 48.1 Å². The van der Waals surface area contributed by atoms with Gasteiger partial charge < -0.3 is 4.99 Å². The number of benzene rings is 1. The lowest BCUT2D eigenvalue weighted by molar-refractivity contribution is 0.672. The van der Waals surface area contributed by atoms with Gasteiger partial charge in [0.05, 0.1) is 0 Å². The Morgan fingerprint density at radius 2 is 1.75 bits per heavy atom. The van der Waals surface area contributed by atoms with Crippen LogP contribution in [0.15, 0.2) is 83.4 Å². The third-order valence-corrected chi connectivity index (χ3v) is 3.97. The number of hydrogen-bond acceptors (Lipinski definition) is 1. The third-order valence-electron chi connectivity index (χ3n) is 3.97. The molecule has 0 bridgehead atoms. The van der Waals surface area contributed by atoms with E-state index < -0.39 is 0 Å². The van der Waals surface area contributed by atoms with Gasteiger partial charge in [-0.2, -0.15) is 0 Å². The summed E-state index contributed by atoms with van der Waals surface area (Å²) in [5, 5.41) is 0. The maximum Gasteiger partial charge on any atom is 0.0375 e. The van der Waals surface area contributed by atoms with E-state index in [1.165, 1.54) is 5.57 Å². The summed E-state index contributed by atoms with van der Waals surface area (Å²) in [4.78, 5) is 4.90. The summed E-state index contributed by atoms with van der Waals surface area (Å²) in [6.07, 6.45) is 17.2. The standard InChI is InChI=1S/C19H14N/c1-2-8-14(9-3-1)19-17-12-5-4-10-15(17)16-11-6-7-13-18(16)20-19/h1-8,10-13,15-16H/q-1. The molecule has 2 aliphatic carbocycles. The Bertz CT molecular complexity index is 711. The summed E-state index contributed by atoms with van der Waals surface area (Å²) >= 11 is 0. The molecule has 1 heteroatoms. The van der Waals surface area contributed by atoms with Crippen molar-refractivity contribution in [2.75, 3.05) is 0 Å². The zero-order valence-corrected chi connectivity index (χ0v) is 11.0. The molecule has 3 aliphatic rings. The van der Waals surface area contributed by atoms with Crippen molar-refractivity contribution in [2.24, 2.45) is 16.8 Å². The summed E-state index contributed by atoms with van der Waals surface area (Å²) in [6.45, 7) is 0. The lowest BCUT2D eigenvalue weighted by Gasteiger charge is -2.34. The largest absolute Gasteiger partial charge is 0.300 e. The molecule has 20 heavy (non-hydrogen) atoms. The van der Waals surface area contributed by atoms with Crippen LogP contribution >= 0.6 is 0 Å². The minimum atomic E-state index is 0.365. The van der Waals surface area contributed by atoms with Gasteiger partial charge in [0.25, 0.3) is 0 Å². The van der Waals surface area contributed by atoms with Crippen LogP contribution in [0, 0.1) is 17.9 Å². The van der Waals surface area contributed by atoms with Crippen molar-refractivity contribution >= 4 is 11.4 Å². The van der Waals surface area contributed by atoms with E-state index in [-0.39, 0.29) is 0 Å². The molecule has 1 nitrogen and oxygen atoms in total. The lowest BCUT2D eigenvalue weighted by atomic mass is 9.75. The SMILES string of the molecule is [c-]1ccccc1C1=C2C=CC=CC2C2C=CC=CC2=N1. The molecule has 0 fully saturated rings. The van der Waals surface area contributed by atoms with Crippen molar-refractivity contribution in [3.8, 4) is 0 Å². The second-order valence-electron chi connectivity index (χ2n) is 5.16. The number of allylic oxidation sites excluding steroid dienone is 9. The molecular formula is C19H14N-. The number of rotatable bonds is 1. The number of fused-ring (bicyclic) bond motifs is 3.